The minimum absolute atomic E-state index is 0.284. The van der Waals surface area contributed by atoms with Crippen LogP contribution in [0.3, 0.4) is 0 Å². The summed E-state index contributed by atoms with van der Waals surface area (Å²) in [6.45, 7) is 0. The molecular formula is C17H17ClN2O3. The molecule has 3 N–H and O–H groups in total. The van der Waals surface area contributed by atoms with Crippen LogP contribution in [0.2, 0.25) is 5.02 Å². The van der Waals surface area contributed by atoms with Gasteiger partial charge in [-0.25, -0.2) is 0 Å². The minimum atomic E-state index is -0.815. The van der Waals surface area contributed by atoms with E-state index < -0.39 is 11.9 Å². The Morgan fingerprint density at radius 3 is 2.52 bits per heavy atom. The normalized spacial score (nSPS) is 11.6. The summed E-state index contributed by atoms with van der Waals surface area (Å²) in [6, 6.07) is 12.8. The molecule has 0 spiro atoms. The fourth-order valence-corrected chi connectivity index (χ4v) is 2.23. The Bertz CT molecular complexity index is 701. The van der Waals surface area contributed by atoms with Crippen LogP contribution in [0.4, 0.5) is 0 Å². The van der Waals surface area contributed by atoms with Gasteiger partial charge >= 0.3 is 0 Å². The number of primary amides is 1. The van der Waals surface area contributed by atoms with Crippen LogP contribution in [-0.4, -0.2) is 25.0 Å². The van der Waals surface area contributed by atoms with Gasteiger partial charge in [-0.1, -0.05) is 23.7 Å². The summed E-state index contributed by atoms with van der Waals surface area (Å²) < 4.78 is 5.14. The van der Waals surface area contributed by atoms with Crippen molar-refractivity contribution in [2.75, 3.05) is 7.11 Å². The van der Waals surface area contributed by atoms with Crippen LogP contribution in [0, 0.1) is 0 Å². The van der Waals surface area contributed by atoms with Gasteiger partial charge in [0.05, 0.1) is 7.11 Å². The lowest BCUT2D eigenvalue weighted by atomic mass is 10.0. The predicted molar refractivity (Wildman–Crippen MR) is 88.6 cm³/mol. The maximum atomic E-state index is 12.2. The van der Waals surface area contributed by atoms with Crippen molar-refractivity contribution in [1.82, 2.24) is 5.32 Å². The maximum Gasteiger partial charge on any atom is 0.251 e. The number of rotatable bonds is 6. The molecule has 2 rings (SSSR count). The molecule has 1 atom stereocenters. The number of methoxy groups -OCH3 is 1. The van der Waals surface area contributed by atoms with E-state index in [1.165, 1.54) is 0 Å². The number of nitrogens with two attached hydrogens (primary N) is 1. The first-order chi connectivity index (χ1) is 11.0. The Morgan fingerprint density at radius 1 is 1.22 bits per heavy atom. The van der Waals surface area contributed by atoms with Gasteiger partial charge in [0.2, 0.25) is 5.91 Å². The second-order valence-corrected chi connectivity index (χ2v) is 5.43. The summed E-state index contributed by atoms with van der Waals surface area (Å²) in [5.74, 6) is -0.307. The highest BCUT2D eigenvalue weighted by molar-refractivity contribution is 6.30. The van der Waals surface area contributed by atoms with Gasteiger partial charge in [0.15, 0.2) is 0 Å². The van der Waals surface area contributed by atoms with Crippen molar-refractivity contribution in [1.29, 1.82) is 0 Å². The van der Waals surface area contributed by atoms with Gasteiger partial charge in [0.1, 0.15) is 11.8 Å². The summed E-state index contributed by atoms with van der Waals surface area (Å²) in [4.78, 5) is 23.8. The molecule has 0 saturated heterocycles. The molecule has 23 heavy (non-hydrogen) atoms. The molecule has 0 aliphatic rings. The Labute approximate surface area is 139 Å². The van der Waals surface area contributed by atoms with Gasteiger partial charge in [0, 0.05) is 17.0 Å². The summed E-state index contributed by atoms with van der Waals surface area (Å²) in [5.41, 5.74) is 6.65. The second kappa shape index (κ2) is 7.65. The van der Waals surface area contributed by atoms with Gasteiger partial charge in [-0.05, 0) is 42.0 Å². The lowest BCUT2D eigenvalue weighted by Gasteiger charge is -2.16. The summed E-state index contributed by atoms with van der Waals surface area (Å²) in [5, 5.41) is 3.17. The van der Waals surface area contributed by atoms with Crippen molar-refractivity contribution in [3.8, 4) is 5.75 Å². The fraction of sp³-hybridized carbons (Fsp3) is 0.176. The van der Waals surface area contributed by atoms with Gasteiger partial charge in [-0.2, -0.15) is 0 Å². The van der Waals surface area contributed by atoms with E-state index >= 15 is 0 Å². The van der Waals surface area contributed by atoms with Crippen molar-refractivity contribution >= 4 is 23.4 Å². The average molecular weight is 333 g/mol. The van der Waals surface area contributed by atoms with Crippen LogP contribution in [0.5, 0.6) is 5.75 Å². The SMILES string of the molecule is COc1cccc(C[C@@H](NC(=O)c2ccc(Cl)cc2)C(N)=O)c1. The van der Waals surface area contributed by atoms with Gasteiger partial charge in [0.25, 0.3) is 5.91 Å². The molecule has 0 aliphatic carbocycles. The zero-order valence-corrected chi connectivity index (χ0v) is 13.3. The van der Waals surface area contributed by atoms with Crippen LogP contribution in [0.1, 0.15) is 15.9 Å². The number of nitrogens with one attached hydrogen (secondary N) is 1. The van der Waals surface area contributed by atoms with Crippen LogP contribution >= 0.6 is 11.6 Å². The highest BCUT2D eigenvalue weighted by Gasteiger charge is 2.19. The number of hydrogen-bond acceptors (Lipinski definition) is 3. The van der Waals surface area contributed by atoms with Gasteiger partial charge in [-0.15, -0.1) is 0 Å². The first kappa shape index (κ1) is 16.8. The van der Waals surface area contributed by atoms with Crippen molar-refractivity contribution < 1.29 is 14.3 Å². The van der Waals surface area contributed by atoms with Gasteiger partial charge < -0.3 is 15.8 Å². The van der Waals surface area contributed by atoms with Crippen molar-refractivity contribution in [3.05, 3.63) is 64.7 Å². The number of carbonyl (C=O) groups excluding carboxylic acids is 2. The summed E-state index contributed by atoms with van der Waals surface area (Å²) >= 11 is 5.79. The van der Waals surface area contributed by atoms with E-state index in [9.17, 15) is 9.59 Å². The van der Waals surface area contributed by atoms with E-state index in [0.29, 0.717) is 16.3 Å². The van der Waals surface area contributed by atoms with Crippen LogP contribution in [0.15, 0.2) is 48.5 Å². The molecular weight excluding hydrogens is 316 g/mol. The second-order valence-electron chi connectivity index (χ2n) is 4.99. The number of benzene rings is 2. The number of carbonyl (C=O) groups is 2. The molecule has 2 amide bonds. The number of halogens is 1. The van der Waals surface area contributed by atoms with E-state index in [0.717, 1.165) is 5.56 Å². The predicted octanol–water partition coefficient (Wildman–Crippen LogP) is 2.17. The molecule has 0 aromatic heterocycles. The van der Waals surface area contributed by atoms with E-state index in [2.05, 4.69) is 5.32 Å². The Balaban J connectivity index is 2.10. The molecule has 0 heterocycles. The first-order valence-corrected chi connectivity index (χ1v) is 7.36. The molecule has 5 nitrogen and oxygen atoms in total. The topological polar surface area (TPSA) is 81.4 Å². The van der Waals surface area contributed by atoms with Crippen LogP contribution in [0.25, 0.3) is 0 Å². The highest BCUT2D eigenvalue weighted by Crippen LogP contribution is 2.14. The largest absolute Gasteiger partial charge is 0.497 e. The number of hydrogen-bond donors (Lipinski definition) is 2. The minimum Gasteiger partial charge on any atom is -0.497 e. The molecule has 0 aliphatic heterocycles. The van der Waals surface area contributed by atoms with E-state index in [4.69, 9.17) is 22.1 Å². The Hall–Kier alpha value is -2.53. The number of ether oxygens (including phenoxy) is 1. The lowest BCUT2D eigenvalue weighted by molar-refractivity contribution is -0.119. The van der Waals surface area contributed by atoms with Crippen LogP contribution < -0.4 is 15.8 Å². The molecule has 2 aromatic rings. The zero-order valence-electron chi connectivity index (χ0n) is 12.6. The van der Waals surface area contributed by atoms with E-state index in [1.807, 2.05) is 12.1 Å². The molecule has 0 saturated carbocycles. The fourth-order valence-electron chi connectivity index (χ4n) is 2.10. The molecule has 0 unspecified atom stereocenters. The Morgan fingerprint density at radius 2 is 1.91 bits per heavy atom. The smallest absolute Gasteiger partial charge is 0.251 e. The van der Waals surface area contributed by atoms with Crippen molar-refractivity contribution in [2.45, 2.75) is 12.5 Å². The van der Waals surface area contributed by atoms with Crippen molar-refractivity contribution in [3.63, 3.8) is 0 Å². The third-order valence-electron chi connectivity index (χ3n) is 3.33. The summed E-state index contributed by atoms with van der Waals surface area (Å²) in [6.07, 6.45) is 0.284. The van der Waals surface area contributed by atoms with Crippen molar-refractivity contribution in [2.24, 2.45) is 5.73 Å². The zero-order chi connectivity index (χ0) is 16.8. The van der Waals surface area contributed by atoms with E-state index in [-0.39, 0.29) is 12.3 Å². The van der Waals surface area contributed by atoms with Crippen LogP contribution in [-0.2, 0) is 11.2 Å². The standard InChI is InChI=1S/C17H17ClN2O3/c1-23-14-4-2-3-11(9-14)10-15(16(19)21)20-17(22)12-5-7-13(18)8-6-12/h2-9,15H,10H2,1H3,(H2,19,21)(H,20,22)/t15-/m1/s1. The highest BCUT2D eigenvalue weighted by atomic mass is 35.5. The lowest BCUT2D eigenvalue weighted by Crippen LogP contribution is -2.45. The summed E-state index contributed by atoms with van der Waals surface area (Å²) in [7, 11) is 1.56. The molecule has 0 bridgehead atoms. The quantitative estimate of drug-likeness (QED) is 0.850. The molecule has 2 aromatic carbocycles. The monoisotopic (exact) mass is 332 g/mol. The maximum absolute atomic E-state index is 12.2. The number of amides is 2. The molecule has 120 valence electrons. The molecule has 6 heteroatoms. The average Bonchev–Trinajstić information content (AvgIpc) is 2.54. The first-order valence-electron chi connectivity index (χ1n) is 6.98. The molecule has 0 radical (unpaired) electrons. The van der Waals surface area contributed by atoms with E-state index in [1.54, 1.807) is 43.5 Å². The Kier molecular flexibility index (Phi) is 5.60. The van der Waals surface area contributed by atoms with Gasteiger partial charge in [-0.3, -0.25) is 9.59 Å². The molecule has 0 fully saturated rings. The third kappa shape index (κ3) is 4.72. The third-order valence-corrected chi connectivity index (χ3v) is 3.58.